The predicted octanol–water partition coefficient (Wildman–Crippen LogP) is 2.52. The standard InChI is InChI=1S/C14H18ClFN4/c1-3-10-7-11(20(2)19-10)8-14(18-17)12-5-4-9(15)6-13(12)16/h4-7,14,18H,3,8,17H2,1-2H3. The number of benzene rings is 1. The first kappa shape index (κ1) is 15.0. The summed E-state index contributed by atoms with van der Waals surface area (Å²) in [5.41, 5.74) is 5.16. The molecule has 2 aromatic rings. The summed E-state index contributed by atoms with van der Waals surface area (Å²) in [7, 11) is 1.88. The van der Waals surface area contributed by atoms with Crippen molar-refractivity contribution in [2.45, 2.75) is 25.8 Å². The summed E-state index contributed by atoms with van der Waals surface area (Å²) in [4.78, 5) is 0. The number of hydrazine groups is 1. The molecule has 0 aliphatic rings. The lowest BCUT2D eigenvalue weighted by Gasteiger charge is -2.17. The number of halogens is 2. The van der Waals surface area contributed by atoms with Gasteiger partial charge < -0.3 is 0 Å². The van der Waals surface area contributed by atoms with Crippen molar-refractivity contribution in [2.75, 3.05) is 0 Å². The summed E-state index contributed by atoms with van der Waals surface area (Å²) in [5, 5.41) is 4.75. The van der Waals surface area contributed by atoms with Crippen LogP contribution < -0.4 is 11.3 Å². The Bertz CT molecular complexity index is 597. The lowest BCUT2D eigenvalue weighted by atomic mass is 10.0. The van der Waals surface area contributed by atoms with Crippen molar-refractivity contribution in [3.63, 3.8) is 0 Å². The maximum Gasteiger partial charge on any atom is 0.129 e. The second-order valence-electron chi connectivity index (χ2n) is 4.69. The Hall–Kier alpha value is -1.43. The number of nitrogens with zero attached hydrogens (tertiary/aromatic N) is 2. The van der Waals surface area contributed by atoms with Gasteiger partial charge in [0.05, 0.1) is 11.7 Å². The van der Waals surface area contributed by atoms with Crippen LogP contribution in [-0.2, 0) is 19.9 Å². The van der Waals surface area contributed by atoms with E-state index < -0.39 is 0 Å². The molecule has 1 aromatic carbocycles. The van der Waals surface area contributed by atoms with Crippen molar-refractivity contribution in [3.8, 4) is 0 Å². The van der Waals surface area contributed by atoms with Gasteiger partial charge >= 0.3 is 0 Å². The van der Waals surface area contributed by atoms with Crippen molar-refractivity contribution in [1.29, 1.82) is 0 Å². The summed E-state index contributed by atoms with van der Waals surface area (Å²) in [6, 6.07) is 6.29. The van der Waals surface area contributed by atoms with Crippen molar-refractivity contribution < 1.29 is 4.39 Å². The monoisotopic (exact) mass is 296 g/mol. The quantitative estimate of drug-likeness (QED) is 0.658. The molecule has 6 heteroatoms. The number of aromatic nitrogens is 2. The normalized spacial score (nSPS) is 12.7. The molecule has 0 spiro atoms. The van der Waals surface area contributed by atoms with Crippen molar-refractivity contribution in [2.24, 2.45) is 12.9 Å². The zero-order valence-electron chi connectivity index (χ0n) is 11.5. The van der Waals surface area contributed by atoms with Gasteiger partial charge in [0.25, 0.3) is 0 Å². The lowest BCUT2D eigenvalue weighted by Crippen LogP contribution is -2.30. The van der Waals surface area contributed by atoms with E-state index in [9.17, 15) is 4.39 Å². The Labute approximate surface area is 122 Å². The minimum atomic E-state index is -0.363. The second kappa shape index (κ2) is 6.35. The highest BCUT2D eigenvalue weighted by Crippen LogP contribution is 2.23. The van der Waals surface area contributed by atoms with Gasteiger partial charge in [0.1, 0.15) is 5.82 Å². The van der Waals surface area contributed by atoms with E-state index in [1.807, 2.05) is 20.0 Å². The molecule has 0 amide bonds. The lowest BCUT2D eigenvalue weighted by molar-refractivity contribution is 0.497. The fourth-order valence-electron chi connectivity index (χ4n) is 2.19. The third-order valence-corrected chi connectivity index (χ3v) is 3.58. The third kappa shape index (κ3) is 3.17. The molecular formula is C14H18ClFN4. The highest BCUT2D eigenvalue weighted by atomic mass is 35.5. The molecule has 0 aliphatic carbocycles. The minimum absolute atomic E-state index is 0.327. The summed E-state index contributed by atoms with van der Waals surface area (Å²) in [6.07, 6.45) is 1.42. The van der Waals surface area contributed by atoms with E-state index in [0.29, 0.717) is 17.0 Å². The zero-order chi connectivity index (χ0) is 14.7. The van der Waals surface area contributed by atoms with Crippen LogP contribution in [0.3, 0.4) is 0 Å². The van der Waals surface area contributed by atoms with Crippen LogP contribution in [0.15, 0.2) is 24.3 Å². The number of hydrogen-bond donors (Lipinski definition) is 2. The molecule has 2 rings (SSSR count). The highest BCUT2D eigenvalue weighted by molar-refractivity contribution is 6.30. The number of hydrogen-bond acceptors (Lipinski definition) is 3. The van der Waals surface area contributed by atoms with Gasteiger partial charge in [-0.1, -0.05) is 24.6 Å². The van der Waals surface area contributed by atoms with Crippen LogP contribution in [-0.4, -0.2) is 9.78 Å². The van der Waals surface area contributed by atoms with Crippen molar-refractivity contribution in [3.05, 3.63) is 52.1 Å². The minimum Gasteiger partial charge on any atom is -0.272 e. The van der Waals surface area contributed by atoms with Crippen LogP contribution in [0.25, 0.3) is 0 Å². The molecule has 20 heavy (non-hydrogen) atoms. The molecule has 1 atom stereocenters. The van der Waals surface area contributed by atoms with Gasteiger partial charge in [-0.15, -0.1) is 0 Å². The van der Waals surface area contributed by atoms with Gasteiger partial charge in [0.2, 0.25) is 0 Å². The smallest absolute Gasteiger partial charge is 0.129 e. The van der Waals surface area contributed by atoms with Crippen LogP contribution in [0.2, 0.25) is 5.02 Å². The van der Waals surface area contributed by atoms with E-state index in [4.69, 9.17) is 17.4 Å². The number of rotatable bonds is 5. The first-order valence-electron chi connectivity index (χ1n) is 6.48. The summed E-state index contributed by atoms with van der Waals surface area (Å²) in [5.74, 6) is 5.21. The predicted molar refractivity (Wildman–Crippen MR) is 77.8 cm³/mol. The molecular weight excluding hydrogens is 279 g/mol. The largest absolute Gasteiger partial charge is 0.272 e. The van der Waals surface area contributed by atoms with Crippen LogP contribution in [0.4, 0.5) is 4.39 Å². The fraction of sp³-hybridized carbons (Fsp3) is 0.357. The summed E-state index contributed by atoms with van der Waals surface area (Å²) >= 11 is 5.77. The molecule has 1 heterocycles. The van der Waals surface area contributed by atoms with Gasteiger partial charge in [0.15, 0.2) is 0 Å². The Balaban J connectivity index is 2.26. The number of nitrogens with two attached hydrogens (primary N) is 1. The topological polar surface area (TPSA) is 55.9 Å². The van der Waals surface area contributed by atoms with E-state index in [-0.39, 0.29) is 11.9 Å². The van der Waals surface area contributed by atoms with Gasteiger partial charge in [0, 0.05) is 29.7 Å². The van der Waals surface area contributed by atoms with Gasteiger partial charge in [-0.05, 0) is 24.6 Å². The zero-order valence-corrected chi connectivity index (χ0v) is 12.3. The Morgan fingerprint density at radius 2 is 2.20 bits per heavy atom. The van der Waals surface area contributed by atoms with E-state index in [2.05, 4.69) is 10.5 Å². The number of nitrogens with one attached hydrogen (secondary N) is 1. The third-order valence-electron chi connectivity index (χ3n) is 3.34. The molecule has 1 unspecified atom stereocenters. The van der Waals surface area contributed by atoms with E-state index in [0.717, 1.165) is 17.8 Å². The van der Waals surface area contributed by atoms with Crippen molar-refractivity contribution in [1.82, 2.24) is 15.2 Å². The Morgan fingerprint density at radius 3 is 2.75 bits per heavy atom. The molecule has 108 valence electrons. The van der Waals surface area contributed by atoms with Crippen LogP contribution in [0, 0.1) is 5.82 Å². The van der Waals surface area contributed by atoms with E-state index in [1.54, 1.807) is 16.8 Å². The Morgan fingerprint density at radius 1 is 1.45 bits per heavy atom. The Kier molecular flexibility index (Phi) is 4.75. The molecule has 1 aromatic heterocycles. The summed E-state index contributed by atoms with van der Waals surface area (Å²) in [6.45, 7) is 2.05. The first-order chi connectivity index (χ1) is 9.55. The average Bonchev–Trinajstić information content (AvgIpc) is 2.77. The molecule has 0 aliphatic heterocycles. The van der Waals surface area contributed by atoms with Gasteiger partial charge in [-0.3, -0.25) is 16.0 Å². The van der Waals surface area contributed by atoms with Gasteiger partial charge in [-0.25, -0.2) is 4.39 Å². The molecule has 0 saturated heterocycles. The van der Waals surface area contributed by atoms with Crippen LogP contribution in [0.5, 0.6) is 0 Å². The molecule has 3 N–H and O–H groups in total. The maximum absolute atomic E-state index is 14.0. The highest BCUT2D eigenvalue weighted by Gasteiger charge is 2.17. The van der Waals surface area contributed by atoms with Crippen molar-refractivity contribution >= 4 is 11.6 Å². The van der Waals surface area contributed by atoms with Crippen LogP contribution in [0.1, 0.15) is 29.9 Å². The molecule has 0 bridgehead atoms. The average molecular weight is 297 g/mol. The molecule has 0 fully saturated rings. The maximum atomic E-state index is 14.0. The fourth-order valence-corrected chi connectivity index (χ4v) is 2.35. The second-order valence-corrected chi connectivity index (χ2v) is 5.13. The van der Waals surface area contributed by atoms with Gasteiger partial charge in [-0.2, -0.15) is 5.10 Å². The van der Waals surface area contributed by atoms with Crippen LogP contribution >= 0.6 is 11.6 Å². The number of aryl methyl sites for hydroxylation is 2. The summed E-state index contributed by atoms with van der Waals surface area (Å²) < 4.78 is 15.8. The first-order valence-corrected chi connectivity index (χ1v) is 6.85. The molecule has 0 radical (unpaired) electrons. The van der Waals surface area contributed by atoms with E-state index >= 15 is 0 Å². The van der Waals surface area contributed by atoms with E-state index in [1.165, 1.54) is 6.07 Å². The SMILES string of the molecule is CCc1cc(CC(NN)c2ccc(Cl)cc2F)n(C)n1. The molecule has 0 saturated carbocycles. The molecule has 4 nitrogen and oxygen atoms in total.